The zero-order valence-corrected chi connectivity index (χ0v) is 12.8. The van der Waals surface area contributed by atoms with Crippen LogP contribution >= 0.6 is 0 Å². The molecule has 7 heteroatoms. The van der Waals surface area contributed by atoms with E-state index in [1.807, 2.05) is 19.9 Å². The molecule has 0 bridgehead atoms. The molecule has 6 nitrogen and oxygen atoms in total. The largest absolute Gasteiger partial charge is 0.480 e. The Morgan fingerprint density at radius 1 is 1.33 bits per heavy atom. The summed E-state index contributed by atoms with van der Waals surface area (Å²) in [5.74, 6) is -1.18. The van der Waals surface area contributed by atoms with Crippen molar-refractivity contribution in [3.63, 3.8) is 0 Å². The molecule has 114 valence electrons. The molecule has 0 aliphatic rings. The minimum atomic E-state index is -3.85. The third kappa shape index (κ3) is 4.85. The molecule has 0 aromatic heterocycles. The summed E-state index contributed by atoms with van der Waals surface area (Å²) in [5.41, 5.74) is 0.713. The van der Waals surface area contributed by atoms with Crippen molar-refractivity contribution < 1.29 is 18.3 Å². The molecule has 0 unspecified atom stereocenters. The summed E-state index contributed by atoms with van der Waals surface area (Å²) < 4.78 is 25.9. The van der Waals surface area contributed by atoms with E-state index in [1.54, 1.807) is 12.1 Å². The van der Waals surface area contributed by atoms with Crippen LogP contribution in [0.25, 0.3) is 0 Å². The van der Waals surface area contributed by atoms with Gasteiger partial charge in [-0.25, -0.2) is 8.42 Å². The molecule has 0 atom stereocenters. The summed E-state index contributed by atoms with van der Waals surface area (Å²) >= 11 is 0. The first kappa shape index (κ1) is 17.1. The van der Waals surface area contributed by atoms with E-state index in [4.69, 9.17) is 10.4 Å². The van der Waals surface area contributed by atoms with Crippen LogP contribution in [-0.2, 0) is 21.2 Å². The third-order valence-corrected chi connectivity index (χ3v) is 4.55. The maximum Gasteiger partial charge on any atom is 0.318 e. The van der Waals surface area contributed by atoms with Gasteiger partial charge in [-0.15, -0.1) is 0 Å². The van der Waals surface area contributed by atoms with E-state index in [2.05, 4.69) is 0 Å². The lowest BCUT2D eigenvalue weighted by Crippen LogP contribution is -2.38. The van der Waals surface area contributed by atoms with Crippen LogP contribution in [0.2, 0.25) is 0 Å². The van der Waals surface area contributed by atoms with E-state index in [-0.39, 0.29) is 23.8 Å². The highest BCUT2D eigenvalue weighted by molar-refractivity contribution is 7.89. The second kappa shape index (κ2) is 7.20. The Morgan fingerprint density at radius 2 is 1.90 bits per heavy atom. The first-order chi connectivity index (χ1) is 9.77. The molecule has 0 saturated carbocycles. The lowest BCUT2D eigenvalue weighted by atomic mass is 10.2. The zero-order valence-electron chi connectivity index (χ0n) is 12.0. The van der Waals surface area contributed by atoms with Gasteiger partial charge in [0.15, 0.2) is 0 Å². The van der Waals surface area contributed by atoms with Crippen LogP contribution in [0.4, 0.5) is 0 Å². The van der Waals surface area contributed by atoms with Crippen LogP contribution in [0.15, 0.2) is 29.2 Å². The lowest BCUT2D eigenvalue weighted by molar-refractivity contribution is -0.137. The maximum atomic E-state index is 12.5. The van der Waals surface area contributed by atoms with Crippen molar-refractivity contribution >= 4 is 16.0 Å². The first-order valence-corrected chi connectivity index (χ1v) is 7.89. The Hall–Kier alpha value is -1.91. The molecule has 0 spiro atoms. The van der Waals surface area contributed by atoms with Crippen molar-refractivity contribution in [2.75, 3.05) is 13.1 Å². The molecule has 0 heterocycles. The highest BCUT2D eigenvalue weighted by Crippen LogP contribution is 2.18. The molecule has 0 radical (unpaired) electrons. The number of nitrogens with zero attached hydrogens (tertiary/aromatic N) is 2. The second-order valence-electron chi connectivity index (χ2n) is 5.06. The molecule has 0 saturated heterocycles. The van der Waals surface area contributed by atoms with Gasteiger partial charge in [0.25, 0.3) is 0 Å². The SMILES string of the molecule is CC(C)CN(CC(=O)O)S(=O)(=O)c1ccc(CC#N)cc1. The standard InChI is InChI=1S/C14H18N2O4S/c1-11(2)9-16(10-14(17)18)21(19,20)13-5-3-12(4-6-13)7-8-15/h3-6,11H,7,9-10H2,1-2H3,(H,17,18). The van der Waals surface area contributed by atoms with Gasteiger partial charge in [0.1, 0.15) is 6.54 Å². The predicted molar refractivity (Wildman–Crippen MR) is 77.0 cm³/mol. The molecule has 1 rings (SSSR count). The summed E-state index contributed by atoms with van der Waals surface area (Å²) in [4.78, 5) is 10.9. The van der Waals surface area contributed by atoms with Gasteiger partial charge in [0.05, 0.1) is 17.4 Å². The topological polar surface area (TPSA) is 98.5 Å². The molecule has 0 aliphatic carbocycles. The number of aliphatic carboxylic acids is 1. The van der Waals surface area contributed by atoms with Gasteiger partial charge in [-0.3, -0.25) is 4.79 Å². The Bertz CT molecular complexity index is 630. The zero-order chi connectivity index (χ0) is 16.0. The van der Waals surface area contributed by atoms with Crippen LogP contribution in [-0.4, -0.2) is 36.9 Å². The highest BCUT2D eigenvalue weighted by atomic mass is 32.2. The van der Waals surface area contributed by atoms with E-state index in [1.165, 1.54) is 12.1 Å². The molecule has 1 N–H and O–H groups in total. The number of sulfonamides is 1. The normalized spacial score (nSPS) is 11.6. The number of benzene rings is 1. The monoisotopic (exact) mass is 310 g/mol. The fraction of sp³-hybridized carbons (Fsp3) is 0.429. The van der Waals surface area contributed by atoms with E-state index < -0.39 is 22.5 Å². The second-order valence-corrected chi connectivity index (χ2v) is 7.00. The number of rotatable bonds is 7. The third-order valence-electron chi connectivity index (χ3n) is 2.72. The smallest absolute Gasteiger partial charge is 0.318 e. The molecule has 0 aliphatic heterocycles. The van der Waals surface area contributed by atoms with E-state index in [9.17, 15) is 13.2 Å². The summed E-state index contributed by atoms with van der Waals surface area (Å²) in [5, 5.41) is 17.5. The number of carbonyl (C=O) groups is 1. The average molecular weight is 310 g/mol. The molecule has 1 aromatic rings. The molecular weight excluding hydrogens is 292 g/mol. The quantitative estimate of drug-likeness (QED) is 0.822. The first-order valence-electron chi connectivity index (χ1n) is 6.45. The fourth-order valence-corrected chi connectivity index (χ4v) is 3.38. The minimum Gasteiger partial charge on any atom is -0.480 e. The van der Waals surface area contributed by atoms with Crippen LogP contribution < -0.4 is 0 Å². The van der Waals surface area contributed by atoms with Gasteiger partial charge < -0.3 is 5.11 Å². The van der Waals surface area contributed by atoms with Crippen LogP contribution in [0.5, 0.6) is 0 Å². The Labute approximate surface area is 124 Å². The van der Waals surface area contributed by atoms with Gasteiger partial charge in [-0.1, -0.05) is 26.0 Å². The predicted octanol–water partition coefficient (Wildman–Crippen LogP) is 1.48. The Kier molecular flexibility index (Phi) is 5.88. The molecule has 0 fully saturated rings. The van der Waals surface area contributed by atoms with E-state index in [0.29, 0.717) is 5.56 Å². The number of nitriles is 1. The maximum absolute atomic E-state index is 12.5. The van der Waals surface area contributed by atoms with Crippen molar-refractivity contribution in [2.24, 2.45) is 5.92 Å². The molecule has 1 aromatic carbocycles. The van der Waals surface area contributed by atoms with Gasteiger partial charge in [0.2, 0.25) is 10.0 Å². The van der Waals surface area contributed by atoms with Gasteiger partial charge in [0, 0.05) is 6.54 Å². The summed E-state index contributed by atoms with van der Waals surface area (Å²) in [6, 6.07) is 7.90. The molecule has 21 heavy (non-hydrogen) atoms. The number of carboxylic acid groups (broad SMARTS) is 1. The van der Waals surface area contributed by atoms with Crippen molar-refractivity contribution in [1.29, 1.82) is 5.26 Å². The number of carboxylic acids is 1. The average Bonchev–Trinajstić information content (AvgIpc) is 2.38. The van der Waals surface area contributed by atoms with Crippen molar-refractivity contribution in [3.8, 4) is 6.07 Å². The summed E-state index contributed by atoms with van der Waals surface area (Å²) in [6.45, 7) is 3.20. The van der Waals surface area contributed by atoms with Gasteiger partial charge >= 0.3 is 5.97 Å². The Morgan fingerprint density at radius 3 is 2.33 bits per heavy atom. The van der Waals surface area contributed by atoms with Crippen molar-refractivity contribution in [1.82, 2.24) is 4.31 Å². The van der Waals surface area contributed by atoms with Gasteiger partial charge in [-0.05, 0) is 23.6 Å². The lowest BCUT2D eigenvalue weighted by Gasteiger charge is -2.22. The van der Waals surface area contributed by atoms with Crippen LogP contribution in [0, 0.1) is 17.2 Å². The van der Waals surface area contributed by atoms with Crippen molar-refractivity contribution in [2.45, 2.75) is 25.2 Å². The van der Waals surface area contributed by atoms with Crippen LogP contribution in [0.1, 0.15) is 19.4 Å². The number of hydrogen-bond donors (Lipinski definition) is 1. The van der Waals surface area contributed by atoms with Crippen molar-refractivity contribution in [3.05, 3.63) is 29.8 Å². The summed E-state index contributed by atoms with van der Waals surface area (Å²) in [7, 11) is -3.85. The summed E-state index contributed by atoms with van der Waals surface area (Å²) in [6.07, 6.45) is 0.200. The Balaban J connectivity index is 3.09. The molecular formula is C14H18N2O4S. The van der Waals surface area contributed by atoms with Crippen LogP contribution in [0.3, 0.4) is 0 Å². The number of hydrogen-bond acceptors (Lipinski definition) is 4. The fourth-order valence-electron chi connectivity index (χ4n) is 1.83. The molecule has 0 amide bonds. The van der Waals surface area contributed by atoms with Gasteiger partial charge in [-0.2, -0.15) is 9.57 Å². The van der Waals surface area contributed by atoms with E-state index in [0.717, 1.165) is 4.31 Å². The highest BCUT2D eigenvalue weighted by Gasteiger charge is 2.27. The van der Waals surface area contributed by atoms with E-state index >= 15 is 0 Å². The minimum absolute atomic E-state index is 0.0111.